The minimum absolute atomic E-state index is 0.0387. The van der Waals surface area contributed by atoms with Gasteiger partial charge in [0, 0.05) is 25.1 Å². The standard InChI is InChI=1S/C15H20N2O2/c1-10-5-4-6-11-13(18)9-12(14(10)11)15(19)16-7-8-17(2)3/h4-6,12H,7-9H2,1-3H3,(H,16,19). The highest BCUT2D eigenvalue weighted by Gasteiger charge is 2.35. The van der Waals surface area contributed by atoms with Crippen LogP contribution in [0.15, 0.2) is 18.2 Å². The number of nitrogens with one attached hydrogen (secondary N) is 1. The summed E-state index contributed by atoms with van der Waals surface area (Å²) in [5.74, 6) is -0.277. The van der Waals surface area contributed by atoms with E-state index in [1.54, 1.807) is 0 Å². The molecule has 102 valence electrons. The van der Waals surface area contributed by atoms with E-state index in [9.17, 15) is 9.59 Å². The molecule has 1 amide bonds. The number of carbonyl (C=O) groups is 2. The number of hydrogen-bond donors (Lipinski definition) is 1. The van der Waals surface area contributed by atoms with Crippen molar-refractivity contribution in [2.75, 3.05) is 27.2 Å². The smallest absolute Gasteiger partial charge is 0.228 e. The molecule has 0 aliphatic heterocycles. The number of amides is 1. The SMILES string of the molecule is Cc1cccc2c1C(C(=O)NCCN(C)C)CC2=O. The molecular weight excluding hydrogens is 240 g/mol. The first-order chi connectivity index (χ1) is 9.00. The zero-order valence-corrected chi connectivity index (χ0v) is 11.7. The molecule has 0 aromatic heterocycles. The molecule has 0 fully saturated rings. The molecule has 0 bridgehead atoms. The zero-order valence-electron chi connectivity index (χ0n) is 11.7. The summed E-state index contributed by atoms with van der Waals surface area (Å²) in [6, 6.07) is 5.65. The van der Waals surface area contributed by atoms with Crippen molar-refractivity contribution < 1.29 is 9.59 Å². The van der Waals surface area contributed by atoms with Crippen LogP contribution in [0, 0.1) is 6.92 Å². The lowest BCUT2D eigenvalue weighted by atomic mass is 9.96. The van der Waals surface area contributed by atoms with Crippen molar-refractivity contribution in [3.8, 4) is 0 Å². The summed E-state index contributed by atoms with van der Waals surface area (Å²) < 4.78 is 0. The number of carbonyl (C=O) groups excluding carboxylic acids is 2. The molecule has 1 atom stereocenters. The van der Waals surface area contributed by atoms with E-state index in [-0.39, 0.29) is 17.6 Å². The molecule has 1 aromatic carbocycles. The van der Waals surface area contributed by atoms with Gasteiger partial charge in [0.1, 0.15) is 0 Å². The van der Waals surface area contributed by atoms with E-state index in [2.05, 4.69) is 5.32 Å². The maximum atomic E-state index is 12.2. The van der Waals surface area contributed by atoms with E-state index in [1.165, 1.54) is 0 Å². The Balaban J connectivity index is 2.12. The molecule has 19 heavy (non-hydrogen) atoms. The van der Waals surface area contributed by atoms with Gasteiger partial charge in [0.15, 0.2) is 5.78 Å². The highest BCUT2D eigenvalue weighted by Crippen LogP contribution is 2.35. The van der Waals surface area contributed by atoms with Crippen LogP contribution in [0.5, 0.6) is 0 Å². The normalized spacial score (nSPS) is 17.7. The van der Waals surface area contributed by atoms with E-state index in [1.807, 2.05) is 44.1 Å². The van der Waals surface area contributed by atoms with Gasteiger partial charge >= 0.3 is 0 Å². The van der Waals surface area contributed by atoms with Gasteiger partial charge in [-0.15, -0.1) is 0 Å². The molecule has 1 N–H and O–H groups in total. The first-order valence-electron chi connectivity index (χ1n) is 6.56. The van der Waals surface area contributed by atoms with Gasteiger partial charge in [0.2, 0.25) is 5.91 Å². The second kappa shape index (κ2) is 5.53. The molecule has 0 radical (unpaired) electrons. The number of ketones is 1. The summed E-state index contributed by atoms with van der Waals surface area (Å²) in [4.78, 5) is 26.1. The highest BCUT2D eigenvalue weighted by atomic mass is 16.2. The molecule has 0 heterocycles. The Morgan fingerprint density at radius 2 is 2.16 bits per heavy atom. The largest absolute Gasteiger partial charge is 0.354 e. The van der Waals surface area contributed by atoms with Gasteiger partial charge < -0.3 is 10.2 Å². The Labute approximate surface area is 113 Å². The fourth-order valence-corrected chi connectivity index (χ4v) is 2.53. The molecular formula is C15H20N2O2. The van der Waals surface area contributed by atoms with E-state index in [0.29, 0.717) is 18.5 Å². The molecule has 0 saturated heterocycles. The van der Waals surface area contributed by atoms with Crippen molar-refractivity contribution in [3.63, 3.8) is 0 Å². The molecule has 4 nitrogen and oxygen atoms in total. The van der Waals surface area contributed by atoms with E-state index in [4.69, 9.17) is 0 Å². The van der Waals surface area contributed by atoms with Crippen molar-refractivity contribution in [1.29, 1.82) is 0 Å². The first kappa shape index (κ1) is 13.7. The number of likely N-dealkylation sites (N-methyl/N-ethyl adjacent to an activating group) is 1. The Bertz CT molecular complexity index is 509. The number of nitrogens with zero attached hydrogens (tertiary/aromatic N) is 1. The fraction of sp³-hybridized carbons (Fsp3) is 0.467. The lowest BCUT2D eigenvalue weighted by Crippen LogP contribution is -2.34. The molecule has 1 aliphatic carbocycles. The van der Waals surface area contributed by atoms with Gasteiger partial charge in [-0.3, -0.25) is 9.59 Å². The second-order valence-electron chi connectivity index (χ2n) is 5.31. The Morgan fingerprint density at radius 3 is 2.84 bits per heavy atom. The number of hydrogen-bond acceptors (Lipinski definition) is 3. The fourth-order valence-electron chi connectivity index (χ4n) is 2.53. The third kappa shape index (κ3) is 2.84. The monoisotopic (exact) mass is 260 g/mol. The topological polar surface area (TPSA) is 49.4 Å². The summed E-state index contributed by atoms with van der Waals surface area (Å²) in [7, 11) is 3.93. The molecule has 0 saturated carbocycles. The summed E-state index contributed by atoms with van der Waals surface area (Å²) in [5.41, 5.74) is 2.65. The Hall–Kier alpha value is -1.68. The molecule has 4 heteroatoms. The van der Waals surface area contributed by atoms with Crippen molar-refractivity contribution in [2.45, 2.75) is 19.3 Å². The summed E-state index contributed by atoms with van der Waals surface area (Å²) in [6.07, 6.45) is 0.300. The summed E-state index contributed by atoms with van der Waals surface area (Å²) in [6.45, 7) is 3.36. The van der Waals surface area contributed by atoms with Crippen LogP contribution in [-0.2, 0) is 4.79 Å². The first-order valence-corrected chi connectivity index (χ1v) is 6.56. The van der Waals surface area contributed by atoms with Crippen LogP contribution < -0.4 is 5.32 Å². The number of rotatable bonds is 4. The van der Waals surface area contributed by atoms with Crippen molar-refractivity contribution in [3.05, 3.63) is 34.9 Å². The third-order valence-corrected chi connectivity index (χ3v) is 3.54. The number of Topliss-reactive ketones (excluding diaryl/α,β-unsaturated/α-hetero) is 1. The van der Waals surface area contributed by atoms with Crippen LogP contribution in [0.2, 0.25) is 0 Å². The predicted molar refractivity (Wildman–Crippen MR) is 74.4 cm³/mol. The van der Waals surface area contributed by atoms with Gasteiger partial charge in [-0.05, 0) is 32.1 Å². The summed E-state index contributed by atoms with van der Waals surface area (Å²) in [5, 5.41) is 2.91. The molecule has 1 unspecified atom stereocenters. The van der Waals surface area contributed by atoms with Gasteiger partial charge in [-0.2, -0.15) is 0 Å². The van der Waals surface area contributed by atoms with Gasteiger partial charge in [-0.25, -0.2) is 0 Å². The number of aryl methyl sites for hydroxylation is 1. The van der Waals surface area contributed by atoms with Gasteiger partial charge in [0.05, 0.1) is 5.92 Å². The minimum Gasteiger partial charge on any atom is -0.354 e. The Kier molecular flexibility index (Phi) is 4.00. The predicted octanol–water partition coefficient (Wildman–Crippen LogP) is 1.34. The lowest BCUT2D eigenvalue weighted by molar-refractivity contribution is -0.122. The minimum atomic E-state index is -0.314. The maximum absolute atomic E-state index is 12.2. The van der Waals surface area contributed by atoms with Crippen LogP contribution in [0.25, 0.3) is 0 Å². The average Bonchev–Trinajstić information content (AvgIpc) is 2.68. The van der Waals surface area contributed by atoms with Crippen molar-refractivity contribution >= 4 is 11.7 Å². The quantitative estimate of drug-likeness (QED) is 0.889. The second-order valence-corrected chi connectivity index (χ2v) is 5.31. The van der Waals surface area contributed by atoms with Crippen LogP contribution in [0.4, 0.5) is 0 Å². The average molecular weight is 260 g/mol. The van der Waals surface area contributed by atoms with Crippen molar-refractivity contribution in [2.24, 2.45) is 0 Å². The highest BCUT2D eigenvalue weighted by molar-refractivity contribution is 6.07. The van der Waals surface area contributed by atoms with Gasteiger partial charge in [0.25, 0.3) is 0 Å². The Morgan fingerprint density at radius 1 is 1.42 bits per heavy atom. The molecule has 0 spiro atoms. The van der Waals surface area contributed by atoms with E-state index >= 15 is 0 Å². The van der Waals surface area contributed by atoms with Gasteiger partial charge in [-0.1, -0.05) is 18.2 Å². The maximum Gasteiger partial charge on any atom is 0.228 e. The zero-order chi connectivity index (χ0) is 14.0. The van der Waals surface area contributed by atoms with Crippen LogP contribution in [0.1, 0.15) is 33.8 Å². The number of fused-ring (bicyclic) bond motifs is 1. The van der Waals surface area contributed by atoms with Crippen LogP contribution >= 0.6 is 0 Å². The lowest BCUT2D eigenvalue weighted by Gasteiger charge is -2.15. The molecule has 2 rings (SSSR count). The van der Waals surface area contributed by atoms with Crippen LogP contribution in [-0.4, -0.2) is 43.8 Å². The van der Waals surface area contributed by atoms with E-state index < -0.39 is 0 Å². The number of benzene rings is 1. The van der Waals surface area contributed by atoms with E-state index in [0.717, 1.165) is 17.7 Å². The molecule has 1 aromatic rings. The molecule has 1 aliphatic rings. The summed E-state index contributed by atoms with van der Waals surface area (Å²) >= 11 is 0. The van der Waals surface area contributed by atoms with Crippen molar-refractivity contribution in [1.82, 2.24) is 10.2 Å². The third-order valence-electron chi connectivity index (χ3n) is 3.54. The van der Waals surface area contributed by atoms with Crippen LogP contribution in [0.3, 0.4) is 0 Å².